The van der Waals surface area contributed by atoms with Crippen molar-refractivity contribution in [2.45, 2.75) is 89.1 Å². The molecule has 5 N–H and O–H groups in total. The Balaban J connectivity index is 2.21. The van der Waals surface area contributed by atoms with Crippen molar-refractivity contribution in [1.82, 2.24) is 16.0 Å². The summed E-state index contributed by atoms with van der Waals surface area (Å²) >= 11 is 1.20. The van der Waals surface area contributed by atoms with Crippen molar-refractivity contribution in [3.05, 3.63) is 47.8 Å². The maximum absolute atomic E-state index is 13.5. The van der Waals surface area contributed by atoms with Crippen LogP contribution in [0.3, 0.4) is 0 Å². The maximum Gasteiger partial charge on any atom is 0.330 e. The molecule has 1 aromatic rings. The number of thioether (sulfide) groups is 1. The number of hydrogen-bond acceptors (Lipinski definition) is 7. The SMILES string of the molecule is CCOC(=O)C=CC(CCC(N)=O)NC(=O)C(Cc1ccc(F)cc1)NC(=O)C(NC(=O)SC1CCCC1)C(C)C. The summed E-state index contributed by atoms with van der Waals surface area (Å²) in [6.07, 6.45) is 6.68. The number of halogens is 1. The van der Waals surface area contributed by atoms with Crippen molar-refractivity contribution in [3.8, 4) is 0 Å². The number of rotatable bonds is 15. The van der Waals surface area contributed by atoms with Gasteiger partial charge in [0.05, 0.1) is 6.61 Å². The van der Waals surface area contributed by atoms with Crippen LogP contribution in [0.4, 0.5) is 9.18 Å². The van der Waals surface area contributed by atoms with Gasteiger partial charge in [0.25, 0.3) is 5.24 Å². The van der Waals surface area contributed by atoms with E-state index in [2.05, 4.69) is 16.0 Å². The summed E-state index contributed by atoms with van der Waals surface area (Å²) in [4.78, 5) is 62.7. The van der Waals surface area contributed by atoms with Gasteiger partial charge in [-0.1, -0.05) is 56.7 Å². The van der Waals surface area contributed by atoms with Gasteiger partial charge < -0.3 is 26.4 Å². The van der Waals surface area contributed by atoms with Gasteiger partial charge in [0, 0.05) is 30.2 Å². The highest BCUT2D eigenvalue weighted by Gasteiger charge is 2.31. The van der Waals surface area contributed by atoms with Gasteiger partial charge in [0.2, 0.25) is 17.7 Å². The van der Waals surface area contributed by atoms with E-state index in [-0.39, 0.29) is 42.3 Å². The Kier molecular flexibility index (Phi) is 14.4. The second-order valence-corrected chi connectivity index (χ2v) is 11.6. The van der Waals surface area contributed by atoms with Gasteiger partial charge >= 0.3 is 5.97 Å². The lowest BCUT2D eigenvalue weighted by Crippen LogP contribution is -2.56. The van der Waals surface area contributed by atoms with Crippen molar-refractivity contribution >= 4 is 40.7 Å². The summed E-state index contributed by atoms with van der Waals surface area (Å²) < 4.78 is 18.4. The molecule has 1 aliphatic rings. The second-order valence-electron chi connectivity index (χ2n) is 10.3. The first kappa shape index (κ1) is 33.8. The van der Waals surface area contributed by atoms with Crippen LogP contribution in [0.2, 0.25) is 0 Å². The fraction of sp³-hybridized carbons (Fsp3) is 0.552. The van der Waals surface area contributed by atoms with E-state index in [4.69, 9.17) is 10.5 Å². The van der Waals surface area contributed by atoms with Crippen molar-refractivity contribution in [2.75, 3.05) is 6.61 Å². The molecule has 2 rings (SSSR count). The Hall–Kier alpha value is -3.41. The molecule has 41 heavy (non-hydrogen) atoms. The van der Waals surface area contributed by atoms with Crippen molar-refractivity contribution in [3.63, 3.8) is 0 Å². The topological polar surface area (TPSA) is 157 Å². The van der Waals surface area contributed by atoms with Gasteiger partial charge in [-0.25, -0.2) is 9.18 Å². The van der Waals surface area contributed by atoms with Crippen LogP contribution in [0.1, 0.15) is 64.9 Å². The van der Waals surface area contributed by atoms with E-state index in [0.717, 1.165) is 31.8 Å². The van der Waals surface area contributed by atoms with Gasteiger partial charge in [-0.05, 0) is 49.8 Å². The van der Waals surface area contributed by atoms with Gasteiger partial charge in [-0.2, -0.15) is 0 Å². The van der Waals surface area contributed by atoms with Crippen LogP contribution < -0.4 is 21.7 Å². The predicted octanol–water partition coefficient (Wildman–Crippen LogP) is 3.13. The summed E-state index contributed by atoms with van der Waals surface area (Å²) in [5.41, 5.74) is 5.86. The molecule has 226 valence electrons. The summed E-state index contributed by atoms with van der Waals surface area (Å²) in [5, 5.41) is 8.21. The molecule has 0 aliphatic heterocycles. The maximum atomic E-state index is 13.5. The summed E-state index contributed by atoms with van der Waals surface area (Å²) in [6, 6.07) is 2.74. The van der Waals surface area contributed by atoms with E-state index in [1.165, 1.54) is 42.1 Å². The summed E-state index contributed by atoms with van der Waals surface area (Å²) in [6.45, 7) is 5.40. The van der Waals surface area contributed by atoms with E-state index < -0.39 is 47.6 Å². The second kappa shape index (κ2) is 17.4. The molecule has 0 saturated heterocycles. The zero-order valence-corrected chi connectivity index (χ0v) is 24.6. The lowest BCUT2D eigenvalue weighted by Gasteiger charge is -2.26. The summed E-state index contributed by atoms with van der Waals surface area (Å²) in [5.74, 6) is -3.06. The average molecular weight is 593 g/mol. The lowest BCUT2D eigenvalue weighted by molar-refractivity contribution is -0.137. The van der Waals surface area contributed by atoms with E-state index in [0.29, 0.717) is 5.56 Å². The van der Waals surface area contributed by atoms with E-state index in [9.17, 15) is 28.4 Å². The first-order valence-corrected chi connectivity index (χ1v) is 14.8. The highest BCUT2D eigenvalue weighted by Crippen LogP contribution is 2.29. The number of ether oxygens (including phenoxy) is 1. The number of primary amides is 1. The third kappa shape index (κ3) is 12.8. The monoisotopic (exact) mass is 592 g/mol. The fourth-order valence-electron chi connectivity index (χ4n) is 4.36. The van der Waals surface area contributed by atoms with Gasteiger partial charge in [-0.3, -0.25) is 19.2 Å². The molecule has 1 fully saturated rings. The number of hydrogen-bond donors (Lipinski definition) is 4. The first-order valence-electron chi connectivity index (χ1n) is 13.9. The Morgan fingerprint density at radius 1 is 1.05 bits per heavy atom. The third-order valence-electron chi connectivity index (χ3n) is 6.57. The Bertz CT molecular complexity index is 1080. The molecule has 0 heterocycles. The molecular formula is C29H41FN4O6S. The van der Waals surface area contributed by atoms with Gasteiger partial charge in [-0.15, -0.1) is 0 Å². The predicted molar refractivity (Wildman–Crippen MR) is 155 cm³/mol. The molecule has 0 bridgehead atoms. The van der Waals surface area contributed by atoms with Crippen molar-refractivity contribution in [2.24, 2.45) is 11.7 Å². The van der Waals surface area contributed by atoms with Gasteiger partial charge in [0.15, 0.2) is 0 Å². The molecule has 0 spiro atoms. The fourth-order valence-corrected chi connectivity index (χ4v) is 5.43. The highest BCUT2D eigenvalue weighted by atomic mass is 32.2. The molecule has 3 atom stereocenters. The molecule has 3 unspecified atom stereocenters. The zero-order chi connectivity index (χ0) is 30.4. The van der Waals surface area contributed by atoms with E-state index in [1.807, 2.05) is 0 Å². The molecule has 0 aromatic heterocycles. The molecule has 4 amide bonds. The molecular weight excluding hydrogens is 551 g/mol. The third-order valence-corrected chi connectivity index (χ3v) is 7.70. The van der Waals surface area contributed by atoms with Crippen LogP contribution in [0, 0.1) is 11.7 Å². The number of esters is 1. The number of nitrogens with two attached hydrogens (primary N) is 1. The number of benzene rings is 1. The minimum absolute atomic E-state index is 0.0254. The van der Waals surface area contributed by atoms with Crippen molar-refractivity contribution in [1.29, 1.82) is 0 Å². The Morgan fingerprint density at radius 3 is 2.29 bits per heavy atom. The minimum Gasteiger partial charge on any atom is -0.463 e. The quantitative estimate of drug-likeness (QED) is 0.180. The Labute approximate surface area is 244 Å². The van der Waals surface area contributed by atoms with Crippen LogP contribution in [-0.2, 0) is 30.3 Å². The molecule has 10 nitrogen and oxygen atoms in total. The van der Waals surface area contributed by atoms with E-state index in [1.54, 1.807) is 20.8 Å². The van der Waals surface area contributed by atoms with Crippen LogP contribution in [0.5, 0.6) is 0 Å². The van der Waals surface area contributed by atoms with Crippen LogP contribution in [0.25, 0.3) is 0 Å². The van der Waals surface area contributed by atoms with Crippen LogP contribution in [0.15, 0.2) is 36.4 Å². The normalized spacial score (nSPS) is 15.7. The molecule has 1 saturated carbocycles. The highest BCUT2D eigenvalue weighted by molar-refractivity contribution is 8.14. The number of carbonyl (C=O) groups is 5. The van der Waals surface area contributed by atoms with E-state index >= 15 is 0 Å². The molecule has 1 aromatic carbocycles. The zero-order valence-electron chi connectivity index (χ0n) is 23.8. The number of amides is 4. The lowest BCUT2D eigenvalue weighted by atomic mass is 10.0. The van der Waals surface area contributed by atoms with Crippen LogP contribution in [-0.4, -0.2) is 58.9 Å². The molecule has 0 radical (unpaired) electrons. The molecule has 1 aliphatic carbocycles. The summed E-state index contributed by atoms with van der Waals surface area (Å²) in [7, 11) is 0. The van der Waals surface area contributed by atoms with Gasteiger partial charge in [0.1, 0.15) is 17.9 Å². The minimum atomic E-state index is -1.11. The number of carbonyl (C=O) groups excluding carboxylic acids is 5. The smallest absolute Gasteiger partial charge is 0.330 e. The average Bonchev–Trinajstić information content (AvgIpc) is 3.42. The number of nitrogens with one attached hydrogen (secondary N) is 3. The van der Waals surface area contributed by atoms with Crippen LogP contribution >= 0.6 is 11.8 Å². The van der Waals surface area contributed by atoms with Crippen molar-refractivity contribution < 1.29 is 33.1 Å². The Morgan fingerprint density at radius 2 is 1.71 bits per heavy atom. The standard InChI is InChI=1S/C29H41FN4O6S/c1-4-40-25(36)16-14-21(13-15-24(31)35)32-27(37)23(17-19-9-11-20(30)12-10-19)33-28(38)26(18(2)3)34-29(39)41-22-7-5-6-8-22/h9-12,14,16,18,21-23,26H,4-8,13,15,17H2,1-3H3,(H2,31,35)(H,32,37)(H,33,38)(H,34,39). The largest absolute Gasteiger partial charge is 0.463 e. The molecule has 12 heteroatoms. The first-order chi connectivity index (χ1) is 19.5.